The van der Waals surface area contributed by atoms with E-state index in [9.17, 15) is 14.7 Å². The molecule has 0 aliphatic carbocycles. The number of carbonyl (C=O) groups excluding carboxylic acids is 2. The minimum atomic E-state index is -0.586. The van der Waals surface area contributed by atoms with Gasteiger partial charge in [0.2, 0.25) is 0 Å². The third-order valence-corrected chi connectivity index (χ3v) is 4.31. The summed E-state index contributed by atoms with van der Waals surface area (Å²) in [5.41, 5.74) is 1.87. The van der Waals surface area contributed by atoms with E-state index in [4.69, 9.17) is 0 Å². The molecule has 2 aromatic rings. The molecule has 0 saturated carbocycles. The molecule has 5 heteroatoms. The van der Waals surface area contributed by atoms with Gasteiger partial charge in [-0.25, -0.2) is 0 Å². The van der Waals surface area contributed by atoms with Crippen LogP contribution < -0.4 is 0 Å². The molecular weight excluding hydrogens is 316 g/mol. The number of amides is 1. The van der Waals surface area contributed by atoms with Gasteiger partial charge in [-0.05, 0) is 23.3 Å². The van der Waals surface area contributed by atoms with Crippen molar-refractivity contribution in [2.45, 2.75) is 26.4 Å². The van der Waals surface area contributed by atoms with E-state index in [0.29, 0.717) is 6.54 Å². The van der Waals surface area contributed by atoms with Crippen LogP contribution in [0.25, 0.3) is 0 Å². The van der Waals surface area contributed by atoms with Crippen molar-refractivity contribution < 1.29 is 14.7 Å². The van der Waals surface area contributed by atoms with E-state index in [2.05, 4.69) is 4.98 Å². The molecule has 1 N–H and O–H groups in total. The Balaban J connectivity index is 2.06. The van der Waals surface area contributed by atoms with Crippen LogP contribution in [0.1, 0.15) is 31.0 Å². The smallest absolute Gasteiger partial charge is 0.290 e. The number of pyridine rings is 1. The average Bonchev–Trinajstić information content (AvgIpc) is 2.87. The maximum atomic E-state index is 12.7. The minimum absolute atomic E-state index is 0.181. The lowest BCUT2D eigenvalue weighted by Crippen LogP contribution is -2.31. The SMILES string of the molecule is CC(C)C(=O)C1=C(O)C(=O)N(Cc2ccncc2)C1c1ccccc1. The monoisotopic (exact) mass is 336 g/mol. The number of ketones is 1. The van der Waals surface area contributed by atoms with Gasteiger partial charge >= 0.3 is 0 Å². The first kappa shape index (κ1) is 16.9. The fourth-order valence-corrected chi connectivity index (χ4v) is 3.05. The Hall–Kier alpha value is -2.95. The highest BCUT2D eigenvalue weighted by molar-refractivity contribution is 6.09. The molecular formula is C20H20N2O3. The molecule has 1 atom stereocenters. The summed E-state index contributed by atoms with van der Waals surface area (Å²) >= 11 is 0. The molecule has 25 heavy (non-hydrogen) atoms. The van der Waals surface area contributed by atoms with Crippen molar-refractivity contribution in [1.29, 1.82) is 0 Å². The van der Waals surface area contributed by atoms with Crippen molar-refractivity contribution in [2.75, 3.05) is 0 Å². The van der Waals surface area contributed by atoms with Crippen LogP contribution in [0.15, 0.2) is 66.2 Å². The lowest BCUT2D eigenvalue weighted by atomic mass is 9.91. The number of benzene rings is 1. The molecule has 2 heterocycles. The number of hydrogen-bond acceptors (Lipinski definition) is 4. The number of aliphatic hydroxyl groups is 1. The van der Waals surface area contributed by atoms with E-state index >= 15 is 0 Å². The first-order chi connectivity index (χ1) is 12.0. The van der Waals surface area contributed by atoms with E-state index in [1.54, 1.807) is 26.2 Å². The largest absolute Gasteiger partial charge is 0.503 e. The number of rotatable bonds is 5. The van der Waals surface area contributed by atoms with Crippen molar-refractivity contribution in [1.82, 2.24) is 9.88 Å². The molecule has 1 unspecified atom stereocenters. The molecule has 1 aliphatic heterocycles. The van der Waals surface area contributed by atoms with Gasteiger partial charge in [0.15, 0.2) is 11.5 Å². The highest BCUT2D eigenvalue weighted by Gasteiger charge is 2.43. The first-order valence-electron chi connectivity index (χ1n) is 8.23. The van der Waals surface area contributed by atoms with Gasteiger partial charge in [-0.15, -0.1) is 0 Å². The topological polar surface area (TPSA) is 70.5 Å². The second kappa shape index (κ2) is 6.89. The summed E-state index contributed by atoms with van der Waals surface area (Å²) in [6.45, 7) is 3.82. The quantitative estimate of drug-likeness (QED) is 0.910. The third kappa shape index (κ3) is 3.18. The van der Waals surface area contributed by atoms with Crippen molar-refractivity contribution >= 4 is 11.7 Å². The zero-order valence-electron chi connectivity index (χ0n) is 14.2. The summed E-state index contributed by atoms with van der Waals surface area (Å²) in [6.07, 6.45) is 3.31. The molecule has 0 bridgehead atoms. The van der Waals surface area contributed by atoms with E-state index in [-0.39, 0.29) is 17.3 Å². The highest BCUT2D eigenvalue weighted by Crippen LogP contribution is 2.39. The first-order valence-corrected chi connectivity index (χ1v) is 8.23. The minimum Gasteiger partial charge on any atom is -0.503 e. The molecule has 0 saturated heterocycles. The van der Waals surface area contributed by atoms with Crippen LogP contribution in [0.2, 0.25) is 0 Å². The van der Waals surface area contributed by atoms with Crippen LogP contribution in [0.3, 0.4) is 0 Å². The van der Waals surface area contributed by atoms with Crippen LogP contribution in [-0.2, 0) is 16.1 Å². The van der Waals surface area contributed by atoms with Crippen LogP contribution in [0, 0.1) is 5.92 Å². The molecule has 1 aromatic carbocycles. The molecule has 5 nitrogen and oxygen atoms in total. The number of Topliss-reactive ketones (excluding diaryl/α,β-unsaturated/α-hetero) is 1. The van der Waals surface area contributed by atoms with Crippen LogP contribution in [0.4, 0.5) is 0 Å². The van der Waals surface area contributed by atoms with Gasteiger partial charge in [0, 0.05) is 24.9 Å². The van der Waals surface area contributed by atoms with Crippen LogP contribution in [-0.4, -0.2) is 26.7 Å². The van der Waals surface area contributed by atoms with E-state index in [0.717, 1.165) is 11.1 Å². The Morgan fingerprint density at radius 2 is 1.80 bits per heavy atom. The van der Waals surface area contributed by atoms with Gasteiger partial charge in [0.05, 0.1) is 11.6 Å². The van der Waals surface area contributed by atoms with Gasteiger partial charge in [0.25, 0.3) is 5.91 Å². The molecule has 128 valence electrons. The van der Waals surface area contributed by atoms with Gasteiger partial charge in [-0.1, -0.05) is 44.2 Å². The number of aromatic nitrogens is 1. The summed E-state index contributed by atoms with van der Waals surface area (Å²) in [5, 5.41) is 10.4. The second-order valence-electron chi connectivity index (χ2n) is 6.38. The van der Waals surface area contributed by atoms with Gasteiger partial charge < -0.3 is 10.0 Å². The van der Waals surface area contributed by atoms with E-state index < -0.39 is 17.7 Å². The number of hydrogen-bond donors (Lipinski definition) is 1. The fourth-order valence-electron chi connectivity index (χ4n) is 3.05. The fraction of sp³-hybridized carbons (Fsp3) is 0.250. The molecule has 0 radical (unpaired) electrons. The standard InChI is InChI=1S/C20H20N2O3/c1-13(2)18(23)16-17(15-6-4-3-5-7-15)22(20(25)19(16)24)12-14-8-10-21-11-9-14/h3-11,13,17,24H,12H2,1-2H3. The maximum Gasteiger partial charge on any atom is 0.290 e. The lowest BCUT2D eigenvalue weighted by molar-refractivity contribution is -0.130. The zero-order valence-corrected chi connectivity index (χ0v) is 14.2. The number of nitrogens with zero attached hydrogens (tertiary/aromatic N) is 2. The number of carbonyl (C=O) groups is 2. The predicted octanol–water partition coefficient (Wildman–Crippen LogP) is 3.20. The lowest BCUT2D eigenvalue weighted by Gasteiger charge is -2.27. The highest BCUT2D eigenvalue weighted by atomic mass is 16.3. The van der Waals surface area contributed by atoms with Crippen LogP contribution in [0.5, 0.6) is 0 Å². The summed E-state index contributed by atoms with van der Waals surface area (Å²) in [7, 11) is 0. The summed E-state index contributed by atoms with van der Waals surface area (Å²) in [5.74, 6) is -1.48. The number of aliphatic hydroxyl groups excluding tert-OH is 1. The van der Waals surface area contributed by atoms with E-state index in [1.165, 1.54) is 4.90 Å². The Bertz CT molecular complexity index is 813. The Morgan fingerprint density at radius 3 is 2.40 bits per heavy atom. The van der Waals surface area contributed by atoms with Gasteiger partial charge in [-0.2, -0.15) is 0 Å². The molecule has 1 aromatic heterocycles. The summed E-state index contributed by atoms with van der Waals surface area (Å²) in [4.78, 5) is 30.9. The van der Waals surface area contributed by atoms with Crippen molar-refractivity contribution in [3.8, 4) is 0 Å². The molecule has 3 rings (SSSR count). The normalized spacial score (nSPS) is 17.5. The Morgan fingerprint density at radius 1 is 1.16 bits per heavy atom. The molecule has 0 spiro atoms. The van der Waals surface area contributed by atoms with Gasteiger partial charge in [0.1, 0.15) is 0 Å². The summed E-state index contributed by atoms with van der Waals surface area (Å²) < 4.78 is 0. The van der Waals surface area contributed by atoms with Crippen molar-refractivity contribution in [3.63, 3.8) is 0 Å². The van der Waals surface area contributed by atoms with Crippen LogP contribution >= 0.6 is 0 Å². The predicted molar refractivity (Wildman–Crippen MR) is 93.5 cm³/mol. The molecule has 1 amide bonds. The van der Waals surface area contributed by atoms with Crippen molar-refractivity contribution in [2.24, 2.45) is 5.92 Å². The van der Waals surface area contributed by atoms with Gasteiger partial charge in [-0.3, -0.25) is 14.6 Å². The molecule has 1 aliphatic rings. The molecule has 0 fully saturated rings. The second-order valence-corrected chi connectivity index (χ2v) is 6.38. The van der Waals surface area contributed by atoms with E-state index in [1.807, 2.05) is 42.5 Å². The zero-order chi connectivity index (χ0) is 18.0. The maximum absolute atomic E-state index is 12.7. The Labute approximate surface area is 146 Å². The van der Waals surface area contributed by atoms with Crippen molar-refractivity contribution in [3.05, 3.63) is 77.3 Å². The summed E-state index contributed by atoms with van der Waals surface area (Å²) in [6, 6.07) is 12.4. The average molecular weight is 336 g/mol. The third-order valence-electron chi connectivity index (χ3n) is 4.31. The Kier molecular flexibility index (Phi) is 4.65.